The average molecular weight is 507 g/mol. The van der Waals surface area contributed by atoms with Crippen molar-refractivity contribution in [1.82, 2.24) is 0 Å². The number of para-hydroxylation sites is 1. The third kappa shape index (κ3) is 4.72. The maximum atomic E-state index is 6.09. The fourth-order valence-corrected chi connectivity index (χ4v) is 6.02. The number of fused-ring (bicyclic) bond motifs is 4. The van der Waals surface area contributed by atoms with Crippen LogP contribution in [0.1, 0.15) is 40.6 Å². The molecule has 0 amide bonds. The highest BCUT2D eigenvalue weighted by Gasteiger charge is 2.37. The van der Waals surface area contributed by atoms with Gasteiger partial charge in [0.1, 0.15) is 12.4 Å². The van der Waals surface area contributed by atoms with Gasteiger partial charge in [-0.2, -0.15) is 0 Å². The Morgan fingerprint density at radius 1 is 0.795 bits per heavy atom. The van der Waals surface area contributed by atoms with Crippen LogP contribution in [0.3, 0.4) is 0 Å². The van der Waals surface area contributed by atoms with Crippen LogP contribution in [0.2, 0.25) is 0 Å². The van der Waals surface area contributed by atoms with E-state index in [2.05, 4.69) is 108 Å². The summed E-state index contributed by atoms with van der Waals surface area (Å²) in [5.74, 6) is 1.89. The van der Waals surface area contributed by atoms with Crippen LogP contribution in [0.15, 0.2) is 132 Å². The minimum Gasteiger partial charge on any atom is -0.489 e. The SMILES string of the molecule is C1=C[C@@H]2c3ccccc3N[C@@H](c3ccc(N=Cc4ccc(OCc5cccc6ccccc56)cc4)cc3)[C@H]2C1. The first-order valence-electron chi connectivity index (χ1n) is 13.7. The highest BCUT2D eigenvalue weighted by molar-refractivity contribution is 5.85. The molecule has 0 aromatic heterocycles. The molecule has 0 fully saturated rings. The molecule has 5 aromatic rings. The van der Waals surface area contributed by atoms with Crippen molar-refractivity contribution in [2.24, 2.45) is 10.9 Å². The number of benzene rings is 5. The first kappa shape index (κ1) is 23.5. The Balaban J connectivity index is 1.00. The normalized spacial score (nSPS) is 19.5. The van der Waals surface area contributed by atoms with E-state index in [4.69, 9.17) is 9.73 Å². The lowest BCUT2D eigenvalue weighted by Crippen LogP contribution is -2.28. The Labute approximate surface area is 229 Å². The third-order valence-corrected chi connectivity index (χ3v) is 8.04. The van der Waals surface area contributed by atoms with Gasteiger partial charge in [-0.3, -0.25) is 4.99 Å². The summed E-state index contributed by atoms with van der Waals surface area (Å²) in [4.78, 5) is 4.72. The summed E-state index contributed by atoms with van der Waals surface area (Å²) in [6, 6.07) is 40.6. The van der Waals surface area contributed by atoms with Crippen LogP contribution in [-0.2, 0) is 6.61 Å². The van der Waals surface area contributed by atoms with Crippen molar-refractivity contribution in [3.05, 3.63) is 150 Å². The van der Waals surface area contributed by atoms with Gasteiger partial charge in [0.2, 0.25) is 0 Å². The van der Waals surface area contributed by atoms with Crippen molar-refractivity contribution in [2.75, 3.05) is 5.32 Å². The second-order valence-electron chi connectivity index (χ2n) is 10.4. The molecule has 3 nitrogen and oxygen atoms in total. The van der Waals surface area contributed by atoms with Crippen LogP contribution in [-0.4, -0.2) is 6.21 Å². The predicted octanol–water partition coefficient (Wildman–Crippen LogP) is 9.00. The van der Waals surface area contributed by atoms with E-state index in [1.165, 1.54) is 33.2 Å². The van der Waals surface area contributed by atoms with E-state index in [9.17, 15) is 0 Å². The Morgan fingerprint density at radius 2 is 1.59 bits per heavy atom. The topological polar surface area (TPSA) is 33.6 Å². The summed E-state index contributed by atoms with van der Waals surface area (Å²) in [5, 5.41) is 6.28. The minimum absolute atomic E-state index is 0.305. The number of hydrogen-bond acceptors (Lipinski definition) is 3. The maximum absolute atomic E-state index is 6.09. The van der Waals surface area contributed by atoms with Gasteiger partial charge in [-0.15, -0.1) is 0 Å². The lowest BCUT2D eigenvalue weighted by molar-refractivity contribution is 0.307. The molecule has 0 unspecified atom stereocenters. The van der Waals surface area contributed by atoms with Crippen LogP contribution in [0, 0.1) is 5.92 Å². The van der Waals surface area contributed by atoms with Gasteiger partial charge in [-0.05, 0) is 87.8 Å². The van der Waals surface area contributed by atoms with Crippen molar-refractivity contribution >= 4 is 28.4 Å². The molecule has 0 spiro atoms. The van der Waals surface area contributed by atoms with Crippen molar-refractivity contribution in [3.63, 3.8) is 0 Å². The standard InChI is InChI=1S/C36H30N2O/c1-2-10-31-26(7-1)8-5-9-28(31)24-39-30-21-15-25(16-22-30)23-37-29-19-17-27(18-20-29)36-34-13-6-12-32(34)33-11-3-4-14-35(33)38-36/h1-12,14-23,32,34,36,38H,13,24H2/t32-,34+,36+/m1/s1. The van der Waals surface area contributed by atoms with Crippen LogP contribution < -0.4 is 10.1 Å². The van der Waals surface area contributed by atoms with Crippen molar-refractivity contribution in [1.29, 1.82) is 0 Å². The number of nitrogens with zero attached hydrogens (tertiary/aromatic N) is 1. The van der Waals surface area contributed by atoms with Crippen LogP contribution in [0.4, 0.5) is 11.4 Å². The fourth-order valence-electron chi connectivity index (χ4n) is 6.02. The van der Waals surface area contributed by atoms with E-state index in [0.717, 1.165) is 23.4 Å². The van der Waals surface area contributed by atoms with E-state index in [0.29, 0.717) is 24.5 Å². The number of aliphatic imine (C=N–C) groups is 1. The van der Waals surface area contributed by atoms with Gasteiger partial charge < -0.3 is 10.1 Å². The van der Waals surface area contributed by atoms with E-state index in [-0.39, 0.29) is 0 Å². The lowest BCUT2D eigenvalue weighted by Gasteiger charge is -2.37. The summed E-state index contributed by atoms with van der Waals surface area (Å²) in [6.07, 6.45) is 7.74. The molecule has 190 valence electrons. The van der Waals surface area contributed by atoms with Crippen molar-refractivity contribution in [2.45, 2.75) is 25.0 Å². The number of allylic oxidation sites excluding steroid dienone is 2. The van der Waals surface area contributed by atoms with E-state index >= 15 is 0 Å². The summed E-state index contributed by atoms with van der Waals surface area (Å²) >= 11 is 0. The molecule has 7 rings (SSSR count). The molecule has 0 saturated carbocycles. The number of nitrogens with one attached hydrogen (secondary N) is 1. The zero-order valence-corrected chi connectivity index (χ0v) is 21.7. The zero-order valence-electron chi connectivity index (χ0n) is 21.7. The van der Waals surface area contributed by atoms with Gasteiger partial charge in [0.15, 0.2) is 0 Å². The van der Waals surface area contributed by atoms with Gasteiger partial charge in [-0.1, -0.05) is 84.9 Å². The molecule has 1 heterocycles. The highest BCUT2D eigenvalue weighted by Crippen LogP contribution is 2.49. The van der Waals surface area contributed by atoms with Gasteiger partial charge in [0.25, 0.3) is 0 Å². The average Bonchev–Trinajstić information content (AvgIpc) is 3.50. The summed E-state index contributed by atoms with van der Waals surface area (Å²) in [7, 11) is 0. The highest BCUT2D eigenvalue weighted by atomic mass is 16.5. The second kappa shape index (κ2) is 10.3. The van der Waals surface area contributed by atoms with E-state index < -0.39 is 0 Å². The molecule has 0 bridgehead atoms. The molecule has 1 N–H and O–H groups in total. The number of hydrogen-bond donors (Lipinski definition) is 1. The Bertz CT molecular complexity index is 1660. The Hall–Kier alpha value is -4.63. The number of rotatable bonds is 6. The number of anilines is 1. The predicted molar refractivity (Wildman–Crippen MR) is 161 cm³/mol. The first-order valence-corrected chi connectivity index (χ1v) is 13.7. The molecule has 1 aliphatic heterocycles. The van der Waals surface area contributed by atoms with Crippen molar-refractivity contribution in [3.8, 4) is 5.75 Å². The van der Waals surface area contributed by atoms with Crippen LogP contribution >= 0.6 is 0 Å². The lowest BCUT2D eigenvalue weighted by atomic mass is 9.77. The minimum atomic E-state index is 0.305. The molecule has 3 atom stereocenters. The molecular weight excluding hydrogens is 476 g/mol. The second-order valence-corrected chi connectivity index (χ2v) is 10.4. The van der Waals surface area contributed by atoms with Crippen molar-refractivity contribution < 1.29 is 4.74 Å². The molecule has 5 aromatic carbocycles. The molecule has 3 heteroatoms. The van der Waals surface area contributed by atoms with Gasteiger partial charge in [-0.25, -0.2) is 0 Å². The largest absolute Gasteiger partial charge is 0.489 e. The molecule has 0 radical (unpaired) electrons. The summed E-state index contributed by atoms with van der Waals surface area (Å²) < 4.78 is 6.09. The molecule has 39 heavy (non-hydrogen) atoms. The van der Waals surface area contributed by atoms with Gasteiger partial charge >= 0.3 is 0 Å². The van der Waals surface area contributed by atoms with Gasteiger partial charge in [0, 0.05) is 17.8 Å². The quantitative estimate of drug-likeness (QED) is 0.184. The Morgan fingerprint density at radius 3 is 2.49 bits per heavy atom. The smallest absolute Gasteiger partial charge is 0.119 e. The summed E-state index contributed by atoms with van der Waals surface area (Å²) in [6.45, 7) is 0.542. The molecular formula is C36H30N2O. The van der Waals surface area contributed by atoms with Crippen LogP contribution in [0.5, 0.6) is 5.75 Å². The number of ether oxygens (including phenoxy) is 1. The first-order chi connectivity index (χ1) is 19.3. The van der Waals surface area contributed by atoms with Gasteiger partial charge in [0.05, 0.1) is 11.7 Å². The molecule has 1 aliphatic carbocycles. The molecule has 0 saturated heterocycles. The Kier molecular flexibility index (Phi) is 6.18. The maximum Gasteiger partial charge on any atom is 0.119 e. The van der Waals surface area contributed by atoms with E-state index in [1.54, 1.807) is 0 Å². The van der Waals surface area contributed by atoms with Crippen LogP contribution in [0.25, 0.3) is 10.8 Å². The van der Waals surface area contributed by atoms with E-state index in [1.807, 2.05) is 30.5 Å². The zero-order chi connectivity index (χ0) is 26.0. The molecule has 2 aliphatic rings. The monoisotopic (exact) mass is 506 g/mol. The third-order valence-electron chi connectivity index (χ3n) is 8.04. The fraction of sp³-hybridized carbons (Fsp3) is 0.139. The summed E-state index contributed by atoms with van der Waals surface area (Å²) in [5.41, 5.74) is 7.17.